The number of fused-ring (bicyclic) bond motifs is 4. The van der Waals surface area contributed by atoms with Gasteiger partial charge in [0.15, 0.2) is 5.78 Å². The lowest BCUT2D eigenvalue weighted by Crippen LogP contribution is -2.45. The highest BCUT2D eigenvalue weighted by Gasteiger charge is 2.56. The van der Waals surface area contributed by atoms with Gasteiger partial charge in [-0.1, -0.05) is 24.6 Å². The lowest BCUT2D eigenvalue weighted by Gasteiger charge is -2.52. The van der Waals surface area contributed by atoms with Crippen LogP contribution in [-0.2, 0) is 4.79 Å². The van der Waals surface area contributed by atoms with E-state index in [1.54, 1.807) is 5.57 Å². The maximum Gasteiger partial charge on any atom is 0.156 e. The van der Waals surface area contributed by atoms with Crippen LogP contribution in [0, 0.1) is 17.3 Å². The van der Waals surface area contributed by atoms with Crippen molar-refractivity contribution in [1.29, 1.82) is 0 Å². The minimum Gasteiger partial charge on any atom is -0.494 e. The fraction of sp³-hybridized carbons (Fsp3) is 0.577. The van der Waals surface area contributed by atoms with Crippen molar-refractivity contribution in [1.82, 2.24) is 0 Å². The second kappa shape index (κ2) is 7.12. The number of allylic oxidation sites excluding steroid dienone is 4. The molecule has 0 aliphatic heterocycles. The number of benzene rings is 1. The third-order valence-electron chi connectivity index (χ3n) is 8.27. The van der Waals surface area contributed by atoms with Crippen molar-refractivity contribution in [3.05, 3.63) is 52.6 Å². The summed E-state index contributed by atoms with van der Waals surface area (Å²) in [5.74, 6) is 2.65. The Morgan fingerprint density at radius 3 is 2.66 bits per heavy atom. The summed E-state index contributed by atoms with van der Waals surface area (Å²) < 4.78 is 5.66. The van der Waals surface area contributed by atoms with E-state index in [0.29, 0.717) is 30.8 Å². The minimum atomic E-state index is -0.200. The maximum atomic E-state index is 12.1. The molecular weight excluding hydrogens is 360 g/mol. The summed E-state index contributed by atoms with van der Waals surface area (Å²) in [5.41, 5.74) is 5.69. The highest BCUT2D eigenvalue weighted by atomic mass is 16.5. The van der Waals surface area contributed by atoms with E-state index in [-0.39, 0.29) is 17.3 Å². The zero-order valence-electron chi connectivity index (χ0n) is 17.6. The molecule has 5 unspecified atom stereocenters. The van der Waals surface area contributed by atoms with Gasteiger partial charge in [-0.05, 0) is 97.6 Å². The first-order chi connectivity index (χ1) is 14.0. The van der Waals surface area contributed by atoms with Gasteiger partial charge in [0.2, 0.25) is 0 Å². The summed E-state index contributed by atoms with van der Waals surface area (Å²) in [4.78, 5) is 12.1. The molecule has 0 heterocycles. The third-order valence-corrected chi connectivity index (χ3v) is 8.27. The van der Waals surface area contributed by atoms with Gasteiger partial charge < -0.3 is 9.84 Å². The van der Waals surface area contributed by atoms with Crippen molar-refractivity contribution < 1.29 is 14.6 Å². The molecule has 0 amide bonds. The number of rotatable bonds is 3. The molecule has 0 spiro atoms. The topological polar surface area (TPSA) is 46.5 Å². The van der Waals surface area contributed by atoms with Crippen LogP contribution in [0.4, 0.5) is 0 Å². The van der Waals surface area contributed by atoms with E-state index in [4.69, 9.17) is 4.74 Å². The van der Waals surface area contributed by atoms with Crippen LogP contribution in [0.15, 0.2) is 47.1 Å². The van der Waals surface area contributed by atoms with Crippen molar-refractivity contribution in [2.24, 2.45) is 17.3 Å². The lowest BCUT2D eigenvalue weighted by atomic mass is 9.53. The largest absolute Gasteiger partial charge is 0.494 e. The Kier molecular flexibility index (Phi) is 4.70. The molecule has 154 valence electrons. The van der Waals surface area contributed by atoms with Crippen LogP contribution in [0.2, 0.25) is 0 Å². The van der Waals surface area contributed by atoms with Crippen LogP contribution in [0.1, 0.15) is 70.3 Å². The van der Waals surface area contributed by atoms with E-state index in [1.165, 1.54) is 16.7 Å². The summed E-state index contributed by atoms with van der Waals surface area (Å²) in [6.07, 6.45) is 8.48. The molecule has 4 aliphatic rings. The fourth-order valence-corrected chi connectivity index (χ4v) is 6.89. The van der Waals surface area contributed by atoms with Crippen molar-refractivity contribution in [2.75, 3.05) is 6.61 Å². The number of aliphatic hydroxyl groups is 1. The molecule has 2 fully saturated rings. The Morgan fingerprint density at radius 2 is 1.90 bits per heavy atom. The van der Waals surface area contributed by atoms with Crippen LogP contribution in [0.25, 0.3) is 0 Å². The van der Waals surface area contributed by atoms with E-state index < -0.39 is 0 Å². The van der Waals surface area contributed by atoms with E-state index in [0.717, 1.165) is 44.3 Å². The molecule has 5 rings (SSSR count). The second-order valence-electron chi connectivity index (χ2n) is 9.68. The molecule has 0 radical (unpaired) electrons. The first kappa shape index (κ1) is 19.1. The number of ether oxygens (including phenoxy) is 1. The molecule has 0 aromatic heterocycles. The van der Waals surface area contributed by atoms with Gasteiger partial charge in [0.25, 0.3) is 0 Å². The summed E-state index contributed by atoms with van der Waals surface area (Å²) in [6.45, 7) is 5.01. The van der Waals surface area contributed by atoms with Crippen LogP contribution >= 0.6 is 0 Å². The number of hydrogen-bond donors (Lipinski definition) is 1. The fourth-order valence-electron chi connectivity index (χ4n) is 6.89. The third kappa shape index (κ3) is 3.01. The van der Waals surface area contributed by atoms with Gasteiger partial charge in [-0.3, -0.25) is 4.79 Å². The maximum absolute atomic E-state index is 12.1. The Labute approximate surface area is 173 Å². The molecular formula is C26H32O3. The lowest BCUT2D eigenvalue weighted by molar-refractivity contribution is -0.114. The molecule has 0 bridgehead atoms. The summed E-state index contributed by atoms with van der Waals surface area (Å²) in [6, 6.07) is 8.61. The van der Waals surface area contributed by atoms with Crippen LogP contribution < -0.4 is 4.74 Å². The van der Waals surface area contributed by atoms with Gasteiger partial charge in [0.05, 0.1) is 12.7 Å². The Balaban J connectivity index is 1.62. The van der Waals surface area contributed by atoms with Crippen LogP contribution in [0.3, 0.4) is 0 Å². The Bertz CT molecular complexity index is 878. The normalized spacial score (nSPS) is 36.2. The number of carbonyl (C=O) groups excluding carboxylic acids is 1. The van der Waals surface area contributed by atoms with Crippen LogP contribution in [-0.4, -0.2) is 23.6 Å². The van der Waals surface area contributed by atoms with Gasteiger partial charge >= 0.3 is 0 Å². The predicted molar refractivity (Wildman–Crippen MR) is 114 cm³/mol. The standard InChI is InChI=1S/C26H32O3/c1-3-29-19-8-4-16(5-9-19)22-15-26(2)23(12-13-24(26)28)21-10-6-17-14-18(27)7-11-20(17)25(21)22/h4-5,8-9,14,21-24,28H,3,6-7,10-13,15H2,1-2H3. The van der Waals surface area contributed by atoms with E-state index in [9.17, 15) is 9.90 Å². The van der Waals surface area contributed by atoms with Crippen LogP contribution in [0.5, 0.6) is 5.75 Å². The summed E-state index contributed by atoms with van der Waals surface area (Å²) >= 11 is 0. The van der Waals surface area contributed by atoms with E-state index in [1.807, 2.05) is 13.0 Å². The van der Waals surface area contributed by atoms with Crippen molar-refractivity contribution in [3.63, 3.8) is 0 Å². The molecule has 5 atom stereocenters. The summed E-state index contributed by atoms with van der Waals surface area (Å²) in [5, 5.41) is 10.9. The monoisotopic (exact) mass is 392 g/mol. The van der Waals surface area contributed by atoms with Crippen molar-refractivity contribution in [3.8, 4) is 5.75 Å². The van der Waals surface area contributed by atoms with Gasteiger partial charge in [-0.25, -0.2) is 0 Å². The molecule has 4 aliphatic carbocycles. The SMILES string of the molecule is CCOc1ccc(C2CC3(C)C(O)CCC3C3CCC4=CC(=O)CCC4=C23)cc1. The Morgan fingerprint density at radius 1 is 1.10 bits per heavy atom. The quantitative estimate of drug-likeness (QED) is 0.755. The number of aliphatic hydroxyl groups excluding tert-OH is 1. The molecule has 3 nitrogen and oxygen atoms in total. The molecule has 1 aromatic carbocycles. The Hall–Kier alpha value is -1.87. The summed E-state index contributed by atoms with van der Waals surface area (Å²) in [7, 11) is 0. The zero-order valence-corrected chi connectivity index (χ0v) is 17.6. The zero-order chi connectivity index (χ0) is 20.2. The number of hydrogen-bond acceptors (Lipinski definition) is 3. The number of carbonyl (C=O) groups is 1. The van der Waals surface area contributed by atoms with Gasteiger partial charge in [0, 0.05) is 12.3 Å². The average Bonchev–Trinajstić information content (AvgIpc) is 3.02. The van der Waals surface area contributed by atoms with E-state index >= 15 is 0 Å². The number of ketones is 1. The van der Waals surface area contributed by atoms with Crippen molar-refractivity contribution >= 4 is 5.78 Å². The molecule has 0 saturated heterocycles. The molecule has 1 N–H and O–H groups in total. The predicted octanol–water partition coefficient (Wildman–Crippen LogP) is 5.35. The molecule has 1 aromatic rings. The first-order valence-electron chi connectivity index (χ1n) is 11.4. The minimum absolute atomic E-state index is 0.0102. The highest BCUT2D eigenvalue weighted by Crippen LogP contribution is 2.63. The average molecular weight is 393 g/mol. The second-order valence-corrected chi connectivity index (χ2v) is 9.68. The highest BCUT2D eigenvalue weighted by molar-refractivity contribution is 5.93. The van der Waals surface area contributed by atoms with Gasteiger partial charge in [-0.15, -0.1) is 0 Å². The van der Waals surface area contributed by atoms with Crippen molar-refractivity contribution in [2.45, 2.75) is 70.8 Å². The smallest absolute Gasteiger partial charge is 0.156 e. The van der Waals surface area contributed by atoms with Gasteiger partial charge in [0.1, 0.15) is 5.75 Å². The molecule has 29 heavy (non-hydrogen) atoms. The molecule has 3 heteroatoms. The first-order valence-corrected chi connectivity index (χ1v) is 11.4. The van der Waals surface area contributed by atoms with Gasteiger partial charge in [-0.2, -0.15) is 0 Å². The molecule has 2 saturated carbocycles. The van der Waals surface area contributed by atoms with E-state index in [2.05, 4.69) is 31.2 Å².